The SMILES string of the molecule is N#Cc1cc(/C=C/C(=O)O)ccc1Oc1ccccc1Cl. The number of para-hydroxylation sites is 1. The molecule has 0 radical (unpaired) electrons. The van der Waals surface area contributed by atoms with Crippen LogP contribution >= 0.6 is 11.6 Å². The van der Waals surface area contributed by atoms with Crippen LogP contribution in [-0.2, 0) is 4.79 Å². The zero-order chi connectivity index (χ0) is 15.2. The average Bonchev–Trinajstić information content (AvgIpc) is 2.48. The number of carbonyl (C=O) groups is 1. The summed E-state index contributed by atoms with van der Waals surface area (Å²) >= 11 is 6.00. The number of nitrogens with zero attached hydrogens (tertiary/aromatic N) is 1. The van der Waals surface area contributed by atoms with Crippen LogP contribution in [0.3, 0.4) is 0 Å². The summed E-state index contributed by atoms with van der Waals surface area (Å²) in [6, 6.07) is 13.8. The molecule has 0 bridgehead atoms. The number of carboxylic acids is 1. The molecule has 21 heavy (non-hydrogen) atoms. The quantitative estimate of drug-likeness (QED) is 0.863. The van der Waals surface area contributed by atoms with Crippen molar-refractivity contribution in [1.82, 2.24) is 0 Å². The molecule has 0 saturated heterocycles. The molecule has 0 saturated carbocycles. The van der Waals surface area contributed by atoms with E-state index in [1.54, 1.807) is 42.5 Å². The molecule has 0 amide bonds. The maximum absolute atomic E-state index is 10.5. The van der Waals surface area contributed by atoms with Crippen molar-refractivity contribution in [2.24, 2.45) is 0 Å². The number of carboxylic acid groups (broad SMARTS) is 1. The fourth-order valence-corrected chi connectivity index (χ4v) is 1.82. The Morgan fingerprint density at radius 1 is 1.24 bits per heavy atom. The topological polar surface area (TPSA) is 70.3 Å². The molecule has 0 aliphatic carbocycles. The van der Waals surface area contributed by atoms with Gasteiger partial charge in [0.1, 0.15) is 17.6 Å². The summed E-state index contributed by atoms with van der Waals surface area (Å²) in [7, 11) is 0. The van der Waals surface area contributed by atoms with E-state index in [9.17, 15) is 4.79 Å². The third-order valence-electron chi connectivity index (χ3n) is 2.60. The number of nitriles is 1. The van der Waals surface area contributed by atoms with Crippen LogP contribution < -0.4 is 4.74 Å². The number of rotatable bonds is 4. The van der Waals surface area contributed by atoms with E-state index in [4.69, 9.17) is 26.7 Å². The van der Waals surface area contributed by atoms with Gasteiger partial charge in [0.15, 0.2) is 0 Å². The zero-order valence-corrected chi connectivity index (χ0v) is 11.5. The zero-order valence-electron chi connectivity index (χ0n) is 10.8. The lowest BCUT2D eigenvalue weighted by Crippen LogP contribution is -1.90. The van der Waals surface area contributed by atoms with E-state index in [0.29, 0.717) is 27.6 Å². The first-order valence-electron chi connectivity index (χ1n) is 5.97. The highest BCUT2D eigenvalue weighted by Crippen LogP contribution is 2.31. The normalized spacial score (nSPS) is 10.3. The number of hydrogen-bond acceptors (Lipinski definition) is 3. The standard InChI is InChI=1S/C16H10ClNO3/c17-13-3-1-2-4-15(13)21-14-7-5-11(6-8-16(19)20)9-12(14)10-18/h1-9H,(H,19,20)/b8-6+. The molecule has 0 heterocycles. The molecular formula is C16H10ClNO3. The summed E-state index contributed by atoms with van der Waals surface area (Å²) in [5, 5.41) is 18.2. The molecule has 0 atom stereocenters. The number of hydrogen-bond donors (Lipinski definition) is 1. The van der Waals surface area contributed by atoms with Gasteiger partial charge in [0.2, 0.25) is 0 Å². The number of halogens is 1. The Bertz CT molecular complexity index is 747. The van der Waals surface area contributed by atoms with Crippen molar-refractivity contribution in [2.45, 2.75) is 0 Å². The molecule has 0 unspecified atom stereocenters. The van der Waals surface area contributed by atoms with E-state index >= 15 is 0 Å². The van der Waals surface area contributed by atoms with Crippen LogP contribution in [0.4, 0.5) is 0 Å². The lowest BCUT2D eigenvalue weighted by molar-refractivity contribution is -0.131. The van der Waals surface area contributed by atoms with Crippen molar-refractivity contribution < 1.29 is 14.6 Å². The minimum Gasteiger partial charge on any atom is -0.478 e. The number of aliphatic carboxylic acids is 1. The maximum atomic E-state index is 10.5. The minimum absolute atomic E-state index is 0.294. The molecule has 2 rings (SSSR count). The smallest absolute Gasteiger partial charge is 0.328 e. The van der Waals surface area contributed by atoms with Gasteiger partial charge in [0.25, 0.3) is 0 Å². The summed E-state index contributed by atoms with van der Waals surface area (Å²) in [5.41, 5.74) is 0.892. The summed E-state index contributed by atoms with van der Waals surface area (Å²) in [4.78, 5) is 10.5. The van der Waals surface area contributed by atoms with E-state index < -0.39 is 5.97 Å². The second kappa shape index (κ2) is 6.60. The Kier molecular flexibility index (Phi) is 4.60. The van der Waals surface area contributed by atoms with Crippen LogP contribution in [0.15, 0.2) is 48.5 Å². The molecular weight excluding hydrogens is 290 g/mol. The Balaban J connectivity index is 2.31. The lowest BCUT2D eigenvalue weighted by atomic mass is 10.1. The summed E-state index contributed by atoms with van der Waals surface area (Å²) in [5.74, 6) is -0.243. The highest BCUT2D eigenvalue weighted by Gasteiger charge is 2.07. The van der Waals surface area contributed by atoms with Gasteiger partial charge < -0.3 is 9.84 Å². The van der Waals surface area contributed by atoms with Gasteiger partial charge in [-0.1, -0.05) is 29.8 Å². The Hall–Kier alpha value is -2.77. The van der Waals surface area contributed by atoms with Crippen molar-refractivity contribution in [3.63, 3.8) is 0 Å². The molecule has 1 N–H and O–H groups in total. The first-order chi connectivity index (χ1) is 10.1. The van der Waals surface area contributed by atoms with Crippen LogP contribution in [0.5, 0.6) is 11.5 Å². The minimum atomic E-state index is -1.05. The van der Waals surface area contributed by atoms with Crippen LogP contribution in [0.1, 0.15) is 11.1 Å². The third kappa shape index (κ3) is 3.85. The van der Waals surface area contributed by atoms with Crippen molar-refractivity contribution in [1.29, 1.82) is 5.26 Å². The van der Waals surface area contributed by atoms with Gasteiger partial charge in [-0.15, -0.1) is 0 Å². The molecule has 0 spiro atoms. The second-order valence-electron chi connectivity index (χ2n) is 4.07. The maximum Gasteiger partial charge on any atom is 0.328 e. The monoisotopic (exact) mass is 299 g/mol. The van der Waals surface area contributed by atoms with Crippen LogP contribution in [-0.4, -0.2) is 11.1 Å². The molecule has 5 heteroatoms. The largest absolute Gasteiger partial charge is 0.478 e. The molecule has 4 nitrogen and oxygen atoms in total. The van der Waals surface area contributed by atoms with Gasteiger partial charge >= 0.3 is 5.97 Å². The van der Waals surface area contributed by atoms with Gasteiger partial charge in [0, 0.05) is 6.08 Å². The van der Waals surface area contributed by atoms with E-state index in [1.807, 2.05) is 6.07 Å². The third-order valence-corrected chi connectivity index (χ3v) is 2.91. The summed E-state index contributed by atoms with van der Waals surface area (Å²) < 4.78 is 5.62. The first kappa shape index (κ1) is 14.6. The van der Waals surface area contributed by atoms with Crippen molar-refractivity contribution in [3.05, 3.63) is 64.7 Å². The predicted molar refractivity (Wildman–Crippen MR) is 79.4 cm³/mol. The highest BCUT2D eigenvalue weighted by molar-refractivity contribution is 6.32. The molecule has 0 aromatic heterocycles. The molecule has 0 aliphatic heterocycles. The van der Waals surface area contributed by atoms with Crippen molar-refractivity contribution in [3.8, 4) is 17.6 Å². The molecule has 0 fully saturated rings. The van der Waals surface area contributed by atoms with Crippen molar-refractivity contribution in [2.75, 3.05) is 0 Å². The van der Waals surface area contributed by atoms with E-state index in [1.165, 1.54) is 6.08 Å². The van der Waals surface area contributed by atoms with E-state index in [0.717, 1.165) is 6.08 Å². The summed E-state index contributed by atoms with van der Waals surface area (Å²) in [6.45, 7) is 0. The molecule has 0 aliphatic rings. The molecule has 2 aromatic rings. The Morgan fingerprint density at radius 3 is 2.67 bits per heavy atom. The van der Waals surface area contributed by atoms with Gasteiger partial charge in [-0.2, -0.15) is 5.26 Å². The average molecular weight is 300 g/mol. The van der Waals surface area contributed by atoms with Gasteiger partial charge in [-0.3, -0.25) is 0 Å². The second-order valence-corrected chi connectivity index (χ2v) is 4.48. The van der Waals surface area contributed by atoms with Gasteiger partial charge in [0.05, 0.1) is 10.6 Å². The van der Waals surface area contributed by atoms with Crippen molar-refractivity contribution >= 4 is 23.6 Å². The first-order valence-corrected chi connectivity index (χ1v) is 6.35. The van der Waals surface area contributed by atoms with Gasteiger partial charge in [-0.25, -0.2) is 4.79 Å². The predicted octanol–water partition coefficient (Wildman–Crippen LogP) is 4.10. The summed E-state index contributed by atoms with van der Waals surface area (Å²) in [6.07, 6.45) is 2.41. The lowest BCUT2D eigenvalue weighted by Gasteiger charge is -2.09. The van der Waals surface area contributed by atoms with E-state index in [2.05, 4.69) is 0 Å². The molecule has 104 valence electrons. The number of ether oxygens (including phenoxy) is 1. The Labute approximate surface area is 126 Å². The fourth-order valence-electron chi connectivity index (χ4n) is 1.64. The van der Waals surface area contributed by atoms with Crippen LogP contribution in [0.2, 0.25) is 5.02 Å². The van der Waals surface area contributed by atoms with Gasteiger partial charge in [-0.05, 0) is 35.9 Å². The number of benzene rings is 2. The Morgan fingerprint density at radius 2 is 2.00 bits per heavy atom. The van der Waals surface area contributed by atoms with Crippen LogP contribution in [0.25, 0.3) is 6.08 Å². The highest BCUT2D eigenvalue weighted by atomic mass is 35.5. The van der Waals surface area contributed by atoms with E-state index in [-0.39, 0.29) is 0 Å². The van der Waals surface area contributed by atoms with Crippen LogP contribution in [0, 0.1) is 11.3 Å². The molecule has 2 aromatic carbocycles. The fraction of sp³-hybridized carbons (Fsp3) is 0.